The molecule has 15 heteroatoms. The molecular formula is C27H37N6O8P. The number of amides is 3. The van der Waals surface area contributed by atoms with Gasteiger partial charge in [-0.3, -0.25) is 14.2 Å². The summed E-state index contributed by atoms with van der Waals surface area (Å²) in [6.07, 6.45) is 0.107. The van der Waals surface area contributed by atoms with Crippen molar-refractivity contribution >= 4 is 31.3 Å². The van der Waals surface area contributed by atoms with Gasteiger partial charge in [-0.2, -0.15) is 0 Å². The number of piperazine rings is 1. The van der Waals surface area contributed by atoms with Gasteiger partial charge in [0.1, 0.15) is 23.8 Å². The highest BCUT2D eigenvalue weighted by Gasteiger charge is 2.33. The van der Waals surface area contributed by atoms with Crippen molar-refractivity contribution in [2.45, 2.75) is 38.5 Å². The Labute approximate surface area is 244 Å². The lowest BCUT2D eigenvalue weighted by atomic mass is 10.1. The van der Waals surface area contributed by atoms with Gasteiger partial charge in [0.25, 0.3) is 5.91 Å². The van der Waals surface area contributed by atoms with E-state index in [1.165, 1.54) is 15.9 Å². The zero-order valence-electron chi connectivity index (χ0n) is 23.7. The van der Waals surface area contributed by atoms with Crippen LogP contribution in [0.1, 0.15) is 36.7 Å². The van der Waals surface area contributed by atoms with E-state index in [9.17, 15) is 28.7 Å². The maximum atomic E-state index is 13.6. The largest absolute Gasteiger partial charge is 0.450 e. The predicted molar refractivity (Wildman–Crippen MR) is 153 cm³/mol. The van der Waals surface area contributed by atoms with Crippen molar-refractivity contribution in [2.24, 2.45) is 0 Å². The average molecular weight is 605 g/mol. The number of benzene rings is 1. The van der Waals surface area contributed by atoms with E-state index in [0.29, 0.717) is 23.8 Å². The van der Waals surface area contributed by atoms with Crippen LogP contribution in [0.2, 0.25) is 0 Å². The first-order valence-corrected chi connectivity index (χ1v) is 15.7. The van der Waals surface area contributed by atoms with E-state index in [1.807, 2.05) is 35.2 Å². The molecule has 3 amide bonds. The quantitative estimate of drug-likeness (QED) is 0.337. The van der Waals surface area contributed by atoms with Gasteiger partial charge in [-0.15, -0.1) is 0 Å². The summed E-state index contributed by atoms with van der Waals surface area (Å²) in [6.45, 7) is 3.44. The Morgan fingerprint density at radius 2 is 1.76 bits per heavy atom. The Hall–Kier alpha value is -3.58. The van der Waals surface area contributed by atoms with E-state index < -0.39 is 37.7 Å². The number of aromatic nitrogens is 2. The molecule has 2 aromatic rings. The molecule has 0 unspecified atom stereocenters. The Morgan fingerprint density at radius 1 is 1.07 bits per heavy atom. The second-order valence-electron chi connectivity index (χ2n) is 10.0. The lowest BCUT2D eigenvalue weighted by molar-refractivity contribution is -0.134. The van der Waals surface area contributed by atoms with Gasteiger partial charge in [-0.05, 0) is 26.2 Å². The summed E-state index contributed by atoms with van der Waals surface area (Å²) >= 11 is 0. The molecule has 2 aliphatic heterocycles. The van der Waals surface area contributed by atoms with Crippen LogP contribution in [0.15, 0.2) is 36.4 Å². The monoisotopic (exact) mass is 604 g/mol. The number of methoxy groups -OCH3 is 1. The normalized spacial score (nSPS) is 18.1. The maximum absolute atomic E-state index is 13.6. The summed E-state index contributed by atoms with van der Waals surface area (Å²) in [7, 11) is -2.85. The van der Waals surface area contributed by atoms with Crippen molar-refractivity contribution in [3.8, 4) is 11.4 Å². The lowest BCUT2D eigenvalue weighted by Crippen LogP contribution is -2.56. The summed E-state index contributed by atoms with van der Waals surface area (Å²) in [6, 6.07) is 9.46. The van der Waals surface area contributed by atoms with Crippen molar-refractivity contribution in [3.05, 3.63) is 42.1 Å². The number of hydrogen-bond acceptors (Lipinski definition) is 9. The second-order valence-corrected chi connectivity index (χ2v) is 11.8. The number of hydrogen-bond donors (Lipinski definition) is 3. The molecule has 42 heavy (non-hydrogen) atoms. The lowest BCUT2D eigenvalue weighted by Gasteiger charge is -2.36. The smallest absolute Gasteiger partial charge is 0.409 e. The highest BCUT2D eigenvalue weighted by Crippen LogP contribution is 2.35. The molecule has 228 valence electrons. The molecule has 3 N–H and O–H groups in total. The van der Waals surface area contributed by atoms with E-state index in [2.05, 4.69) is 10.3 Å². The topological polar surface area (TPSA) is 175 Å². The molecule has 14 nitrogen and oxygen atoms in total. The van der Waals surface area contributed by atoms with Crippen LogP contribution in [-0.2, 0) is 18.8 Å². The number of rotatable bonds is 10. The summed E-state index contributed by atoms with van der Waals surface area (Å²) < 4.78 is 22.3. The molecule has 0 radical (unpaired) electrons. The van der Waals surface area contributed by atoms with Gasteiger partial charge in [-0.25, -0.2) is 14.8 Å². The van der Waals surface area contributed by atoms with Crippen molar-refractivity contribution in [3.63, 3.8) is 0 Å². The van der Waals surface area contributed by atoms with E-state index >= 15 is 0 Å². The van der Waals surface area contributed by atoms with Gasteiger partial charge in [0, 0.05) is 51.5 Å². The number of ether oxygens (including phenoxy) is 2. The van der Waals surface area contributed by atoms with E-state index in [0.717, 1.165) is 12.8 Å². The maximum Gasteiger partial charge on any atom is 0.409 e. The fourth-order valence-electron chi connectivity index (χ4n) is 4.99. The van der Waals surface area contributed by atoms with Crippen molar-refractivity contribution < 1.29 is 38.2 Å². The SMILES string of the molecule is CCOC(=O)N1CCN(C(=O)[C@H](CCP(=O)(O)O)NC(=O)c2cc(N3CCC[C@@H]3OC)nc(-c3ccccc3)n2)CC1. The summed E-state index contributed by atoms with van der Waals surface area (Å²) in [5.41, 5.74) is 0.692. The van der Waals surface area contributed by atoms with Crippen molar-refractivity contribution in [2.75, 3.05) is 57.5 Å². The van der Waals surface area contributed by atoms with Crippen LogP contribution in [0, 0.1) is 0 Å². The molecule has 0 aliphatic carbocycles. The first kappa shape index (κ1) is 31.4. The molecular weight excluding hydrogens is 567 g/mol. The van der Waals surface area contributed by atoms with Gasteiger partial charge in [0.15, 0.2) is 5.82 Å². The van der Waals surface area contributed by atoms with Crippen LogP contribution in [0.25, 0.3) is 11.4 Å². The third kappa shape index (κ3) is 8.03. The molecule has 2 aliphatic rings. The van der Waals surface area contributed by atoms with Crippen LogP contribution >= 0.6 is 7.60 Å². The first-order valence-electron chi connectivity index (χ1n) is 13.9. The zero-order chi connectivity index (χ0) is 30.3. The number of nitrogens with zero attached hydrogens (tertiary/aromatic N) is 5. The van der Waals surface area contributed by atoms with Crippen molar-refractivity contribution in [1.82, 2.24) is 25.1 Å². The fraction of sp³-hybridized carbons (Fsp3) is 0.519. The Balaban J connectivity index is 1.58. The molecule has 0 bridgehead atoms. The number of carbonyl (C=O) groups excluding carboxylic acids is 3. The molecule has 3 heterocycles. The molecule has 2 atom stereocenters. The molecule has 0 saturated carbocycles. The Morgan fingerprint density at radius 3 is 2.40 bits per heavy atom. The van der Waals surface area contributed by atoms with Crippen LogP contribution < -0.4 is 10.2 Å². The summed E-state index contributed by atoms with van der Waals surface area (Å²) in [5.74, 6) is -0.380. The third-order valence-electron chi connectivity index (χ3n) is 7.17. The Kier molecular flexibility index (Phi) is 10.5. The van der Waals surface area contributed by atoms with E-state index in [-0.39, 0.29) is 51.1 Å². The van der Waals surface area contributed by atoms with Crippen LogP contribution in [0.4, 0.5) is 10.6 Å². The van der Waals surface area contributed by atoms with Crippen molar-refractivity contribution in [1.29, 1.82) is 0 Å². The molecule has 4 rings (SSSR count). The molecule has 1 aromatic heterocycles. The highest BCUT2D eigenvalue weighted by molar-refractivity contribution is 7.51. The molecule has 2 fully saturated rings. The summed E-state index contributed by atoms with van der Waals surface area (Å²) in [5, 5.41) is 2.66. The average Bonchev–Trinajstić information content (AvgIpc) is 3.48. The molecule has 0 spiro atoms. The van der Waals surface area contributed by atoms with Gasteiger partial charge < -0.3 is 39.3 Å². The fourth-order valence-corrected chi connectivity index (χ4v) is 5.58. The number of carbonyl (C=O) groups is 3. The third-order valence-corrected chi connectivity index (χ3v) is 8.01. The highest BCUT2D eigenvalue weighted by atomic mass is 31.2. The molecule has 1 aromatic carbocycles. The Bertz CT molecular complexity index is 1300. The second kappa shape index (κ2) is 14.1. The van der Waals surface area contributed by atoms with Crippen LogP contribution in [0.3, 0.4) is 0 Å². The first-order chi connectivity index (χ1) is 20.1. The number of nitrogens with one attached hydrogen (secondary N) is 1. The minimum absolute atomic E-state index is 0.00159. The van der Waals surface area contributed by atoms with Gasteiger partial charge in [0.2, 0.25) is 5.91 Å². The van der Waals surface area contributed by atoms with Gasteiger partial charge in [-0.1, -0.05) is 30.3 Å². The predicted octanol–water partition coefficient (Wildman–Crippen LogP) is 1.68. The van der Waals surface area contributed by atoms with Crippen LogP contribution in [0.5, 0.6) is 0 Å². The zero-order valence-corrected chi connectivity index (χ0v) is 24.6. The van der Waals surface area contributed by atoms with Crippen LogP contribution in [-0.4, -0.2) is 112 Å². The summed E-state index contributed by atoms with van der Waals surface area (Å²) in [4.78, 5) is 72.2. The van der Waals surface area contributed by atoms with Gasteiger partial charge >= 0.3 is 13.7 Å². The molecule has 2 saturated heterocycles. The van der Waals surface area contributed by atoms with Gasteiger partial charge in [0.05, 0.1) is 12.8 Å². The minimum Gasteiger partial charge on any atom is -0.450 e. The van der Waals surface area contributed by atoms with E-state index in [1.54, 1.807) is 14.0 Å². The minimum atomic E-state index is -4.46. The van der Waals surface area contributed by atoms with E-state index in [4.69, 9.17) is 14.5 Å². The standard InChI is InChI=1S/C27H37N6O8P/c1-3-41-27(36)32-15-13-31(14-16-32)26(35)20(11-17-42(37,38)39)29-25(34)21-18-22(33-12-7-10-23(33)40-2)30-24(28-21)19-8-5-4-6-9-19/h4-6,8-9,18,20,23H,3,7,10-17H2,1-2H3,(H,29,34)(H2,37,38,39)/t20-,23-/m0/s1. The number of anilines is 1.